The summed E-state index contributed by atoms with van der Waals surface area (Å²) in [4.78, 5) is 4.64. The number of hydrogen-bond acceptors (Lipinski definition) is 1. The molecule has 4 heteroatoms. The lowest BCUT2D eigenvalue weighted by Gasteiger charge is -2.02. The molecule has 0 fully saturated rings. The van der Waals surface area contributed by atoms with Crippen molar-refractivity contribution in [3.8, 4) is 0 Å². The fourth-order valence-corrected chi connectivity index (χ4v) is 2.96. The van der Waals surface area contributed by atoms with E-state index in [2.05, 4.69) is 45.2 Å². The van der Waals surface area contributed by atoms with Crippen LogP contribution in [0.3, 0.4) is 0 Å². The number of hydrogen-bond donors (Lipinski definition) is 0. The Bertz CT molecular complexity index is 789. The van der Waals surface area contributed by atoms with E-state index in [0.29, 0.717) is 10.0 Å². The number of allylic oxidation sites excluding steroid dienone is 2. The van der Waals surface area contributed by atoms with E-state index in [4.69, 9.17) is 23.2 Å². The SMILES string of the molecule is Clc1ccc(C2=CCC(/C=C/c3ccc(Br)cc3)=N2)c(Cl)c1. The minimum atomic E-state index is 0.626. The summed E-state index contributed by atoms with van der Waals surface area (Å²) in [5.74, 6) is 0. The molecule has 0 saturated heterocycles. The van der Waals surface area contributed by atoms with Crippen molar-refractivity contribution in [1.82, 2.24) is 0 Å². The van der Waals surface area contributed by atoms with E-state index in [9.17, 15) is 0 Å². The zero-order chi connectivity index (χ0) is 15.5. The van der Waals surface area contributed by atoms with Crippen molar-refractivity contribution in [2.45, 2.75) is 6.42 Å². The van der Waals surface area contributed by atoms with Gasteiger partial charge in [0.25, 0.3) is 0 Å². The first kappa shape index (κ1) is 15.5. The van der Waals surface area contributed by atoms with Crippen LogP contribution in [0, 0.1) is 0 Å². The summed E-state index contributed by atoms with van der Waals surface area (Å²) >= 11 is 15.6. The van der Waals surface area contributed by atoms with Gasteiger partial charge in [-0.3, -0.25) is 4.99 Å². The Hall–Kier alpha value is -1.35. The largest absolute Gasteiger partial charge is 0.253 e. The van der Waals surface area contributed by atoms with E-state index < -0.39 is 0 Å². The van der Waals surface area contributed by atoms with Crippen LogP contribution in [0.15, 0.2) is 64.1 Å². The van der Waals surface area contributed by atoms with Crippen LogP contribution < -0.4 is 0 Å². The quantitative estimate of drug-likeness (QED) is 0.554. The van der Waals surface area contributed by atoms with Crippen molar-refractivity contribution in [2.24, 2.45) is 4.99 Å². The Morgan fingerprint density at radius 2 is 1.77 bits per heavy atom. The molecule has 0 aromatic heterocycles. The van der Waals surface area contributed by atoms with Gasteiger partial charge in [-0.2, -0.15) is 0 Å². The standard InChI is InChI=1S/C18H12BrCl2N/c19-13-4-1-12(2-5-13)3-7-15-8-10-18(22-15)16-9-6-14(20)11-17(16)21/h1-7,9-11H,8H2/b7-3+. The maximum absolute atomic E-state index is 6.23. The molecule has 110 valence electrons. The average Bonchev–Trinajstić information content (AvgIpc) is 2.95. The van der Waals surface area contributed by atoms with Gasteiger partial charge in [-0.1, -0.05) is 63.4 Å². The lowest BCUT2D eigenvalue weighted by molar-refractivity contribution is 1.53. The minimum Gasteiger partial charge on any atom is -0.253 e. The zero-order valence-electron chi connectivity index (χ0n) is 11.6. The van der Waals surface area contributed by atoms with E-state index in [0.717, 1.165) is 33.4 Å². The van der Waals surface area contributed by atoms with Crippen molar-refractivity contribution in [1.29, 1.82) is 0 Å². The summed E-state index contributed by atoms with van der Waals surface area (Å²) in [6.45, 7) is 0. The third kappa shape index (κ3) is 3.70. The first-order valence-corrected chi connectivity index (χ1v) is 8.33. The highest BCUT2D eigenvalue weighted by molar-refractivity contribution is 9.10. The van der Waals surface area contributed by atoms with Crippen LogP contribution in [0.4, 0.5) is 0 Å². The second-order valence-corrected chi connectivity index (χ2v) is 6.66. The molecule has 2 aromatic rings. The molecule has 0 spiro atoms. The van der Waals surface area contributed by atoms with Gasteiger partial charge in [0.05, 0.1) is 10.7 Å². The van der Waals surface area contributed by atoms with Gasteiger partial charge in [-0.25, -0.2) is 0 Å². The summed E-state index contributed by atoms with van der Waals surface area (Å²) < 4.78 is 1.07. The smallest absolute Gasteiger partial charge is 0.0684 e. The topological polar surface area (TPSA) is 12.4 Å². The summed E-state index contributed by atoms with van der Waals surface area (Å²) in [6, 6.07) is 13.6. The van der Waals surface area contributed by atoms with E-state index in [1.54, 1.807) is 6.07 Å². The summed E-state index contributed by atoms with van der Waals surface area (Å²) in [7, 11) is 0. The highest BCUT2D eigenvalue weighted by Crippen LogP contribution is 2.30. The summed E-state index contributed by atoms with van der Waals surface area (Å²) in [5, 5.41) is 1.26. The Labute approximate surface area is 148 Å². The second-order valence-electron chi connectivity index (χ2n) is 4.91. The maximum atomic E-state index is 6.23. The molecule has 1 aliphatic rings. The molecule has 0 radical (unpaired) electrons. The van der Waals surface area contributed by atoms with E-state index in [1.165, 1.54) is 0 Å². The second kappa shape index (κ2) is 6.82. The number of rotatable bonds is 3. The van der Waals surface area contributed by atoms with Gasteiger partial charge in [0.2, 0.25) is 0 Å². The zero-order valence-corrected chi connectivity index (χ0v) is 14.7. The molecule has 0 saturated carbocycles. The van der Waals surface area contributed by atoms with Crippen LogP contribution >= 0.6 is 39.1 Å². The van der Waals surface area contributed by atoms with Gasteiger partial charge in [-0.15, -0.1) is 0 Å². The molecule has 0 atom stereocenters. The van der Waals surface area contributed by atoms with E-state index in [-0.39, 0.29) is 0 Å². The molecule has 0 bridgehead atoms. The van der Waals surface area contributed by atoms with Gasteiger partial charge in [0.15, 0.2) is 0 Å². The van der Waals surface area contributed by atoms with Gasteiger partial charge in [0, 0.05) is 27.2 Å². The molecule has 1 heterocycles. The Balaban J connectivity index is 1.77. The lowest BCUT2D eigenvalue weighted by Crippen LogP contribution is -1.86. The predicted molar refractivity (Wildman–Crippen MR) is 99.7 cm³/mol. The highest BCUT2D eigenvalue weighted by atomic mass is 79.9. The third-order valence-corrected chi connectivity index (χ3v) is 4.39. The molecular weight excluding hydrogens is 381 g/mol. The van der Waals surface area contributed by atoms with Crippen molar-refractivity contribution in [3.05, 3.63) is 80.3 Å². The molecule has 1 aliphatic heterocycles. The van der Waals surface area contributed by atoms with Crippen LogP contribution in [-0.4, -0.2) is 5.71 Å². The Kier molecular flexibility index (Phi) is 4.82. The van der Waals surface area contributed by atoms with Crippen LogP contribution in [0.2, 0.25) is 10.0 Å². The van der Waals surface area contributed by atoms with Crippen molar-refractivity contribution < 1.29 is 0 Å². The fourth-order valence-electron chi connectivity index (χ4n) is 2.19. The van der Waals surface area contributed by atoms with E-state index in [1.807, 2.05) is 30.3 Å². The highest BCUT2D eigenvalue weighted by Gasteiger charge is 2.11. The van der Waals surface area contributed by atoms with Crippen molar-refractivity contribution in [2.75, 3.05) is 0 Å². The Morgan fingerprint density at radius 1 is 1.00 bits per heavy atom. The number of benzene rings is 2. The molecule has 0 amide bonds. The lowest BCUT2D eigenvalue weighted by atomic mass is 10.1. The molecule has 0 N–H and O–H groups in total. The number of aliphatic imine (C=N–C) groups is 1. The Morgan fingerprint density at radius 3 is 2.50 bits per heavy atom. The first-order chi connectivity index (χ1) is 10.6. The minimum absolute atomic E-state index is 0.626. The molecule has 0 aliphatic carbocycles. The molecule has 2 aromatic carbocycles. The molecule has 3 rings (SSSR count). The first-order valence-electron chi connectivity index (χ1n) is 6.78. The summed E-state index contributed by atoms with van der Waals surface area (Å²) in [5.41, 5.74) is 3.98. The molecule has 1 nitrogen and oxygen atoms in total. The monoisotopic (exact) mass is 391 g/mol. The fraction of sp³-hybridized carbons (Fsp3) is 0.0556. The number of nitrogens with zero attached hydrogens (tertiary/aromatic N) is 1. The molecule has 22 heavy (non-hydrogen) atoms. The van der Waals surface area contributed by atoms with Crippen LogP contribution in [-0.2, 0) is 0 Å². The predicted octanol–water partition coefficient (Wildman–Crippen LogP) is 6.65. The average molecular weight is 393 g/mol. The number of halogens is 3. The van der Waals surface area contributed by atoms with E-state index >= 15 is 0 Å². The van der Waals surface area contributed by atoms with Crippen molar-refractivity contribution in [3.63, 3.8) is 0 Å². The van der Waals surface area contributed by atoms with Gasteiger partial charge < -0.3 is 0 Å². The van der Waals surface area contributed by atoms with Crippen LogP contribution in [0.1, 0.15) is 17.5 Å². The van der Waals surface area contributed by atoms with Crippen LogP contribution in [0.25, 0.3) is 11.8 Å². The van der Waals surface area contributed by atoms with Crippen LogP contribution in [0.5, 0.6) is 0 Å². The normalized spacial score (nSPS) is 14.3. The molecular formula is C18H12BrCl2N. The maximum Gasteiger partial charge on any atom is 0.0684 e. The van der Waals surface area contributed by atoms with Gasteiger partial charge >= 0.3 is 0 Å². The summed E-state index contributed by atoms with van der Waals surface area (Å²) in [6.07, 6.45) is 6.99. The van der Waals surface area contributed by atoms with Gasteiger partial charge in [-0.05, 0) is 42.0 Å². The molecule has 0 unspecified atom stereocenters. The van der Waals surface area contributed by atoms with Crippen molar-refractivity contribution >= 4 is 56.6 Å². The van der Waals surface area contributed by atoms with Gasteiger partial charge in [0.1, 0.15) is 0 Å². The third-order valence-electron chi connectivity index (χ3n) is 3.31.